The Labute approximate surface area is 80.7 Å². The number of carboxylic acids is 1. The molecule has 0 spiro atoms. The van der Waals surface area contributed by atoms with Gasteiger partial charge in [-0.3, -0.25) is 0 Å². The van der Waals surface area contributed by atoms with Crippen LogP contribution in [0.4, 0.5) is 0 Å². The van der Waals surface area contributed by atoms with Crippen LogP contribution in [0.3, 0.4) is 0 Å². The Bertz CT molecular complexity index is 244. The molecule has 1 N–H and O–H groups in total. The first kappa shape index (κ1) is 10.7. The average molecular weight is 201 g/mol. The molecule has 1 saturated heterocycles. The predicted molar refractivity (Wildman–Crippen MR) is 45.3 cm³/mol. The van der Waals surface area contributed by atoms with Gasteiger partial charge in [0.2, 0.25) is 0 Å². The number of carbonyl (C=O) groups excluding carboxylic acids is 1. The van der Waals surface area contributed by atoms with E-state index in [0.717, 1.165) is 12.2 Å². The Balaban J connectivity index is 2.28. The number of carboxylic acid groups (broad SMARTS) is 1. The van der Waals surface area contributed by atoms with E-state index in [1.54, 1.807) is 0 Å². The topological polar surface area (TPSA) is 76.1 Å². The van der Waals surface area contributed by atoms with E-state index in [9.17, 15) is 9.59 Å². The van der Waals surface area contributed by atoms with Gasteiger partial charge < -0.3 is 14.7 Å². The molecule has 78 valence electrons. The maximum Gasteiger partial charge on any atom is 0.349 e. The molecule has 0 aromatic carbocycles. The number of hydrogen-bond donors (Lipinski definition) is 1. The lowest BCUT2D eigenvalue weighted by Crippen LogP contribution is -2.37. The minimum absolute atomic E-state index is 0.507. The molecule has 0 unspecified atom stereocenters. The summed E-state index contributed by atoms with van der Waals surface area (Å²) in [6, 6.07) is 0. The number of hydrogen-bond acceptors (Lipinski definition) is 5. The second-order valence-electron chi connectivity index (χ2n) is 2.62. The molecule has 0 amide bonds. The van der Waals surface area contributed by atoms with Crippen molar-refractivity contribution in [2.45, 2.75) is 0 Å². The Morgan fingerprint density at radius 2 is 1.93 bits per heavy atom. The number of ether oxygens (including phenoxy) is 1. The maximum atomic E-state index is 11.0. The van der Waals surface area contributed by atoms with Gasteiger partial charge in [-0.15, -0.1) is 5.06 Å². The van der Waals surface area contributed by atoms with Crippen LogP contribution in [-0.2, 0) is 19.2 Å². The van der Waals surface area contributed by atoms with Gasteiger partial charge in [-0.1, -0.05) is 0 Å². The second-order valence-corrected chi connectivity index (χ2v) is 2.62. The summed E-state index contributed by atoms with van der Waals surface area (Å²) in [5, 5.41) is 9.68. The molecule has 14 heavy (non-hydrogen) atoms. The highest BCUT2D eigenvalue weighted by Gasteiger charge is 2.13. The number of carbonyl (C=O) groups is 2. The van der Waals surface area contributed by atoms with E-state index in [2.05, 4.69) is 0 Å². The number of hydroxylamine groups is 2. The van der Waals surface area contributed by atoms with Crippen LogP contribution < -0.4 is 0 Å². The molecular weight excluding hydrogens is 190 g/mol. The third-order valence-corrected chi connectivity index (χ3v) is 1.55. The number of nitrogens with zero attached hydrogens (tertiary/aromatic N) is 1. The SMILES string of the molecule is O=C(O)C=CC(=O)ON1CCOCC1. The van der Waals surface area contributed by atoms with E-state index in [1.807, 2.05) is 0 Å². The van der Waals surface area contributed by atoms with Crippen molar-refractivity contribution in [1.29, 1.82) is 0 Å². The van der Waals surface area contributed by atoms with Crippen molar-refractivity contribution in [1.82, 2.24) is 5.06 Å². The first-order chi connectivity index (χ1) is 6.68. The standard InChI is InChI=1S/C8H11NO5/c10-7(11)1-2-8(12)14-9-3-5-13-6-4-9/h1-2H,3-6H2,(H,10,11). The van der Waals surface area contributed by atoms with Crippen LogP contribution >= 0.6 is 0 Å². The van der Waals surface area contributed by atoms with Gasteiger partial charge in [0.1, 0.15) is 0 Å². The molecule has 1 fully saturated rings. The second kappa shape index (κ2) is 5.36. The van der Waals surface area contributed by atoms with Crippen molar-refractivity contribution in [3.8, 4) is 0 Å². The first-order valence-electron chi connectivity index (χ1n) is 4.14. The highest BCUT2D eigenvalue weighted by Crippen LogP contribution is 1.98. The third-order valence-electron chi connectivity index (χ3n) is 1.55. The Hall–Kier alpha value is -1.40. The zero-order chi connectivity index (χ0) is 10.4. The molecule has 1 aliphatic rings. The summed E-state index contributed by atoms with van der Waals surface area (Å²) in [6.45, 7) is 2.03. The predicted octanol–water partition coefficient (Wildman–Crippen LogP) is -0.582. The van der Waals surface area contributed by atoms with E-state index in [1.165, 1.54) is 5.06 Å². The molecule has 1 heterocycles. The molecule has 6 heteroatoms. The molecular formula is C8H11NO5. The lowest BCUT2D eigenvalue weighted by molar-refractivity contribution is -0.199. The van der Waals surface area contributed by atoms with Crippen LogP contribution in [0, 0.1) is 0 Å². The summed E-state index contributed by atoms with van der Waals surface area (Å²) in [4.78, 5) is 25.8. The third kappa shape index (κ3) is 4.01. The van der Waals surface area contributed by atoms with Crippen LogP contribution in [0.25, 0.3) is 0 Å². The lowest BCUT2D eigenvalue weighted by Gasteiger charge is -2.24. The zero-order valence-corrected chi connectivity index (χ0v) is 7.51. The average Bonchev–Trinajstić information content (AvgIpc) is 2.16. The lowest BCUT2D eigenvalue weighted by atomic mass is 10.5. The fourth-order valence-corrected chi connectivity index (χ4v) is 0.935. The summed E-state index contributed by atoms with van der Waals surface area (Å²) < 4.78 is 5.03. The quantitative estimate of drug-likeness (QED) is 0.615. The number of rotatable bonds is 3. The van der Waals surface area contributed by atoms with E-state index in [4.69, 9.17) is 14.7 Å². The van der Waals surface area contributed by atoms with Gasteiger partial charge in [-0.25, -0.2) is 9.59 Å². The Morgan fingerprint density at radius 1 is 1.29 bits per heavy atom. The molecule has 0 aromatic heterocycles. The van der Waals surface area contributed by atoms with Crippen molar-refractivity contribution in [2.75, 3.05) is 26.3 Å². The van der Waals surface area contributed by atoms with Crippen molar-refractivity contribution in [3.05, 3.63) is 12.2 Å². The molecule has 0 atom stereocenters. The summed E-state index contributed by atoms with van der Waals surface area (Å²) in [5.74, 6) is -1.86. The Kier molecular flexibility index (Phi) is 4.09. The van der Waals surface area contributed by atoms with Crippen molar-refractivity contribution >= 4 is 11.9 Å². The molecule has 0 aromatic rings. The monoisotopic (exact) mass is 201 g/mol. The number of morpholine rings is 1. The van der Waals surface area contributed by atoms with Crippen molar-refractivity contribution in [3.63, 3.8) is 0 Å². The zero-order valence-electron chi connectivity index (χ0n) is 7.51. The largest absolute Gasteiger partial charge is 0.478 e. The van der Waals surface area contributed by atoms with Gasteiger partial charge >= 0.3 is 11.9 Å². The summed E-state index contributed by atoms with van der Waals surface area (Å²) in [7, 11) is 0. The van der Waals surface area contributed by atoms with Crippen molar-refractivity contribution in [2.24, 2.45) is 0 Å². The van der Waals surface area contributed by atoms with E-state index >= 15 is 0 Å². The molecule has 0 radical (unpaired) electrons. The van der Waals surface area contributed by atoms with Crippen LogP contribution in [0.2, 0.25) is 0 Å². The van der Waals surface area contributed by atoms with E-state index in [-0.39, 0.29) is 0 Å². The van der Waals surface area contributed by atoms with E-state index < -0.39 is 11.9 Å². The molecule has 0 bridgehead atoms. The normalized spacial score (nSPS) is 18.3. The maximum absolute atomic E-state index is 11.0. The summed E-state index contributed by atoms with van der Waals surface area (Å²) in [6.07, 6.45) is 1.61. The van der Waals surface area contributed by atoms with Gasteiger partial charge in [0.05, 0.1) is 26.3 Å². The fraction of sp³-hybridized carbons (Fsp3) is 0.500. The molecule has 0 aliphatic carbocycles. The van der Waals surface area contributed by atoms with Gasteiger partial charge in [0.25, 0.3) is 0 Å². The van der Waals surface area contributed by atoms with Gasteiger partial charge in [0, 0.05) is 12.2 Å². The summed E-state index contributed by atoms with van der Waals surface area (Å²) >= 11 is 0. The minimum Gasteiger partial charge on any atom is -0.478 e. The van der Waals surface area contributed by atoms with Gasteiger partial charge in [-0.2, -0.15) is 0 Å². The van der Waals surface area contributed by atoms with E-state index in [0.29, 0.717) is 26.3 Å². The van der Waals surface area contributed by atoms with Gasteiger partial charge in [0.15, 0.2) is 0 Å². The first-order valence-corrected chi connectivity index (χ1v) is 4.14. The summed E-state index contributed by atoms with van der Waals surface area (Å²) in [5.41, 5.74) is 0. The molecule has 1 rings (SSSR count). The van der Waals surface area contributed by atoms with Crippen LogP contribution in [0.1, 0.15) is 0 Å². The molecule has 1 aliphatic heterocycles. The number of aliphatic carboxylic acids is 1. The fourth-order valence-electron chi connectivity index (χ4n) is 0.935. The molecule has 6 nitrogen and oxygen atoms in total. The molecule has 0 saturated carbocycles. The van der Waals surface area contributed by atoms with Gasteiger partial charge in [-0.05, 0) is 0 Å². The highest BCUT2D eigenvalue weighted by atomic mass is 16.7. The highest BCUT2D eigenvalue weighted by molar-refractivity contribution is 5.90. The van der Waals surface area contributed by atoms with Crippen LogP contribution in [0.5, 0.6) is 0 Å². The van der Waals surface area contributed by atoms with Crippen LogP contribution in [-0.4, -0.2) is 48.4 Å². The minimum atomic E-state index is -1.18. The van der Waals surface area contributed by atoms with Crippen molar-refractivity contribution < 1.29 is 24.3 Å². The smallest absolute Gasteiger partial charge is 0.349 e. The Morgan fingerprint density at radius 3 is 2.50 bits per heavy atom. The van der Waals surface area contributed by atoms with Crippen LogP contribution in [0.15, 0.2) is 12.2 Å².